The van der Waals surface area contributed by atoms with Gasteiger partial charge in [0, 0.05) is 11.8 Å². The van der Waals surface area contributed by atoms with Crippen LogP contribution >= 0.6 is 0 Å². The van der Waals surface area contributed by atoms with Crippen LogP contribution in [0.4, 0.5) is 0 Å². The van der Waals surface area contributed by atoms with E-state index in [-0.39, 0.29) is 11.8 Å². The molecule has 2 nitrogen and oxygen atoms in total. The first-order valence-electron chi connectivity index (χ1n) is 4.92. The fourth-order valence-electron chi connectivity index (χ4n) is 3.71. The van der Waals surface area contributed by atoms with Crippen molar-refractivity contribution in [3.05, 3.63) is 0 Å². The van der Waals surface area contributed by atoms with Crippen molar-refractivity contribution in [1.29, 1.82) is 0 Å². The average molecular weight is 166 g/mol. The van der Waals surface area contributed by atoms with Crippen molar-refractivity contribution < 1.29 is 9.90 Å². The molecule has 0 heterocycles. The largest absolute Gasteiger partial charge is 0.390 e. The Labute approximate surface area is 72.0 Å². The SMILES string of the molecule is O=C1[C@@H]2CC3C[C@H]1CC(O)(C3)C2. The molecule has 0 saturated heterocycles. The van der Waals surface area contributed by atoms with E-state index in [1.54, 1.807) is 0 Å². The minimum atomic E-state index is -0.440. The monoisotopic (exact) mass is 166 g/mol. The highest BCUT2D eigenvalue weighted by Gasteiger charge is 2.54. The summed E-state index contributed by atoms with van der Waals surface area (Å²) in [5.41, 5.74) is -0.440. The molecule has 66 valence electrons. The molecule has 0 aromatic heterocycles. The van der Waals surface area contributed by atoms with E-state index in [9.17, 15) is 9.90 Å². The van der Waals surface area contributed by atoms with Crippen LogP contribution in [0.1, 0.15) is 32.1 Å². The van der Waals surface area contributed by atoms with Gasteiger partial charge in [-0.15, -0.1) is 0 Å². The minimum absolute atomic E-state index is 0.223. The second kappa shape index (κ2) is 1.92. The van der Waals surface area contributed by atoms with Crippen molar-refractivity contribution in [3.63, 3.8) is 0 Å². The summed E-state index contributed by atoms with van der Waals surface area (Å²) in [4.78, 5) is 11.6. The summed E-state index contributed by atoms with van der Waals surface area (Å²) in [6.07, 6.45) is 4.63. The number of Topliss-reactive ketones (excluding diaryl/α,β-unsaturated/α-hetero) is 1. The van der Waals surface area contributed by atoms with E-state index in [2.05, 4.69) is 0 Å². The number of ketones is 1. The summed E-state index contributed by atoms with van der Waals surface area (Å²) >= 11 is 0. The molecule has 4 saturated carbocycles. The lowest BCUT2D eigenvalue weighted by Crippen LogP contribution is -2.54. The van der Waals surface area contributed by atoms with Crippen LogP contribution in [0.15, 0.2) is 0 Å². The Morgan fingerprint density at radius 2 is 1.75 bits per heavy atom. The van der Waals surface area contributed by atoms with Gasteiger partial charge in [-0.1, -0.05) is 0 Å². The Kier molecular flexibility index (Phi) is 1.13. The lowest BCUT2D eigenvalue weighted by molar-refractivity contribution is -0.161. The molecular formula is C10H14O2. The fourth-order valence-corrected chi connectivity index (χ4v) is 3.71. The standard InChI is InChI=1S/C10H14O2/c11-9-7-1-6-2-8(9)5-10(12,3-6)4-7/h6-8,12H,1-5H2/t6?,7-,8+,10?. The summed E-state index contributed by atoms with van der Waals surface area (Å²) in [6.45, 7) is 0. The van der Waals surface area contributed by atoms with Crippen LogP contribution in [-0.4, -0.2) is 16.5 Å². The van der Waals surface area contributed by atoms with Gasteiger partial charge in [-0.25, -0.2) is 0 Å². The van der Waals surface area contributed by atoms with Crippen molar-refractivity contribution in [2.45, 2.75) is 37.7 Å². The summed E-state index contributed by atoms with van der Waals surface area (Å²) < 4.78 is 0. The van der Waals surface area contributed by atoms with E-state index in [0.29, 0.717) is 11.7 Å². The fraction of sp³-hybridized carbons (Fsp3) is 0.900. The molecular weight excluding hydrogens is 152 g/mol. The lowest BCUT2D eigenvalue weighted by atomic mass is 9.54. The van der Waals surface area contributed by atoms with Crippen LogP contribution < -0.4 is 0 Å². The topological polar surface area (TPSA) is 37.3 Å². The van der Waals surface area contributed by atoms with Gasteiger partial charge in [-0.2, -0.15) is 0 Å². The van der Waals surface area contributed by atoms with Crippen molar-refractivity contribution in [1.82, 2.24) is 0 Å². The highest BCUT2D eigenvalue weighted by molar-refractivity contribution is 5.85. The zero-order chi connectivity index (χ0) is 8.34. The molecule has 2 heteroatoms. The molecule has 4 aliphatic carbocycles. The Hall–Kier alpha value is -0.370. The molecule has 0 spiro atoms. The van der Waals surface area contributed by atoms with Gasteiger partial charge in [0.1, 0.15) is 5.78 Å². The van der Waals surface area contributed by atoms with Crippen molar-refractivity contribution in [2.24, 2.45) is 17.8 Å². The minimum Gasteiger partial charge on any atom is -0.390 e. The zero-order valence-electron chi connectivity index (χ0n) is 7.12. The molecule has 2 unspecified atom stereocenters. The van der Waals surface area contributed by atoms with E-state index < -0.39 is 5.60 Å². The van der Waals surface area contributed by atoms with Gasteiger partial charge in [-0.3, -0.25) is 4.79 Å². The summed E-state index contributed by atoms with van der Waals surface area (Å²) in [6, 6.07) is 0. The summed E-state index contributed by atoms with van der Waals surface area (Å²) in [7, 11) is 0. The first-order chi connectivity index (χ1) is 5.66. The average Bonchev–Trinajstić information content (AvgIpc) is 1.96. The third-order valence-corrected chi connectivity index (χ3v) is 3.96. The van der Waals surface area contributed by atoms with E-state index >= 15 is 0 Å². The Bertz CT molecular complexity index is 228. The third-order valence-electron chi connectivity index (χ3n) is 3.96. The van der Waals surface area contributed by atoms with E-state index in [0.717, 1.165) is 32.1 Å². The van der Waals surface area contributed by atoms with Crippen LogP contribution in [0, 0.1) is 17.8 Å². The maximum Gasteiger partial charge on any atom is 0.139 e. The normalized spacial score (nSPS) is 56.4. The molecule has 4 aliphatic rings. The van der Waals surface area contributed by atoms with Crippen LogP contribution in [0.2, 0.25) is 0 Å². The van der Waals surface area contributed by atoms with Gasteiger partial charge in [0.2, 0.25) is 0 Å². The van der Waals surface area contributed by atoms with E-state index in [1.165, 1.54) is 0 Å². The van der Waals surface area contributed by atoms with Gasteiger partial charge in [0.15, 0.2) is 0 Å². The summed E-state index contributed by atoms with van der Waals surface area (Å²) in [5.74, 6) is 1.56. The van der Waals surface area contributed by atoms with Gasteiger partial charge in [0.05, 0.1) is 5.60 Å². The van der Waals surface area contributed by atoms with Crippen molar-refractivity contribution in [3.8, 4) is 0 Å². The third kappa shape index (κ3) is 0.764. The van der Waals surface area contributed by atoms with Crippen molar-refractivity contribution in [2.75, 3.05) is 0 Å². The quantitative estimate of drug-likeness (QED) is 0.585. The number of carbonyl (C=O) groups is 1. The highest BCUT2D eigenvalue weighted by Crippen LogP contribution is 2.53. The number of rotatable bonds is 0. The predicted molar refractivity (Wildman–Crippen MR) is 43.5 cm³/mol. The van der Waals surface area contributed by atoms with Gasteiger partial charge >= 0.3 is 0 Å². The predicted octanol–water partition coefficient (Wildman–Crippen LogP) is 1.13. The molecule has 0 aromatic carbocycles. The van der Waals surface area contributed by atoms with Crippen LogP contribution in [-0.2, 0) is 4.79 Å². The maximum atomic E-state index is 11.6. The second-order valence-corrected chi connectivity index (χ2v) is 4.97. The smallest absolute Gasteiger partial charge is 0.139 e. The van der Waals surface area contributed by atoms with Gasteiger partial charge < -0.3 is 5.11 Å². The number of hydrogen-bond donors (Lipinski definition) is 1. The molecule has 4 bridgehead atoms. The van der Waals surface area contributed by atoms with Crippen LogP contribution in [0.25, 0.3) is 0 Å². The molecule has 0 aliphatic heterocycles. The highest BCUT2D eigenvalue weighted by atomic mass is 16.3. The molecule has 0 radical (unpaired) electrons. The molecule has 0 amide bonds. The van der Waals surface area contributed by atoms with Crippen LogP contribution in [0.5, 0.6) is 0 Å². The summed E-state index contributed by atoms with van der Waals surface area (Å²) in [5, 5.41) is 10.1. The molecule has 4 fully saturated rings. The Morgan fingerprint density at radius 3 is 2.25 bits per heavy atom. The van der Waals surface area contributed by atoms with E-state index in [4.69, 9.17) is 0 Å². The zero-order valence-corrected chi connectivity index (χ0v) is 7.12. The number of aliphatic hydroxyl groups is 1. The Balaban J connectivity index is 2.00. The number of hydrogen-bond acceptors (Lipinski definition) is 2. The second-order valence-electron chi connectivity index (χ2n) is 4.97. The maximum absolute atomic E-state index is 11.6. The molecule has 0 aromatic rings. The van der Waals surface area contributed by atoms with Crippen LogP contribution in [0.3, 0.4) is 0 Å². The van der Waals surface area contributed by atoms with Crippen molar-refractivity contribution >= 4 is 5.78 Å². The molecule has 12 heavy (non-hydrogen) atoms. The Morgan fingerprint density at radius 1 is 1.17 bits per heavy atom. The first kappa shape index (κ1) is 7.07. The first-order valence-corrected chi connectivity index (χ1v) is 4.92. The van der Waals surface area contributed by atoms with Gasteiger partial charge in [0.25, 0.3) is 0 Å². The number of carbonyl (C=O) groups excluding carboxylic acids is 1. The molecule has 4 atom stereocenters. The lowest BCUT2D eigenvalue weighted by Gasteiger charge is -2.53. The molecule has 4 rings (SSSR count). The molecule has 1 N–H and O–H groups in total. The van der Waals surface area contributed by atoms with Gasteiger partial charge in [-0.05, 0) is 38.0 Å². The van der Waals surface area contributed by atoms with E-state index in [1.807, 2.05) is 0 Å².